The molecule has 148 valence electrons. The monoisotopic (exact) mass is 472 g/mol. The molecule has 4 rings (SSSR count). The Bertz CT molecular complexity index is 1190. The number of amides is 1. The van der Waals surface area contributed by atoms with E-state index < -0.39 is 15.9 Å². The fourth-order valence-electron chi connectivity index (χ4n) is 3.28. The molecule has 3 aromatic rings. The summed E-state index contributed by atoms with van der Waals surface area (Å²) in [6.45, 7) is -0.336. The second kappa shape index (κ2) is 7.53. The minimum absolute atomic E-state index is 0.183. The van der Waals surface area contributed by atoms with Gasteiger partial charge in [-0.15, -0.1) is 0 Å². The summed E-state index contributed by atoms with van der Waals surface area (Å²) in [5, 5.41) is 2.73. The lowest BCUT2D eigenvalue weighted by Gasteiger charge is -2.31. The summed E-state index contributed by atoms with van der Waals surface area (Å²) in [4.78, 5) is 12.8. The summed E-state index contributed by atoms with van der Waals surface area (Å²) in [5.41, 5.74) is 2.40. The van der Waals surface area contributed by atoms with Gasteiger partial charge in [0.25, 0.3) is 10.0 Å². The van der Waals surface area contributed by atoms with Crippen molar-refractivity contribution in [3.8, 4) is 16.9 Å². The zero-order valence-electron chi connectivity index (χ0n) is 15.4. The molecule has 6 nitrogen and oxygen atoms in total. The number of carbonyl (C=O) groups excluding carboxylic acids is 1. The maximum absolute atomic E-state index is 13.2. The van der Waals surface area contributed by atoms with Crippen molar-refractivity contribution < 1.29 is 17.9 Å². The molecule has 0 atom stereocenters. The molecule has 0 saturated heterocycles. The van der Waals surface area contributed by atoms with Gasteiger partial charge in [0.2, 0.25) is 5.91 Å². The molecule has 1 amide bonds. The van der Waals surface area contributed by atoms with E-state index in [1.807, 2.05) is 6.07 Å². The highest BCUT2D eigenvalue weighted by molar-refractivity contribution is 9.10. The molecule has 1 N–H and O–H groups in total. The van der Waals surface area contributed by atoms with Gasteiger partial charge in [-0.25, -0.2) is 8.42 Å². The number of ether oxygens (including phenoxy) is 1. The second-order valence-electron chi connectivity index (χ2n) is 6.45. The predicted molar refractivity (Wildman–Crippen MR) is 116 cm³/mol. The van der Waals surface area contributed by atoms with Gasteiger partial charge in [-0.1, -0.05) is 34.1 Å². The number of carbonyl (C=O) groups is 1. The van der Waals surface area contributed by atoms with Crippen molar-refractivity contribution in [3.63, 3.8) is 0 Å². The van der Waals surface area contributed by atoms with Crippen LogP contribution in [0.1, 0.15) is 0 Å². The summed E-state index contributed by atoms with van der Waals surface area (Å²) >= 11 is 3.44. The van der Waals surface area contributed by atoms with Gasteiger partial charge < -0.3 is 10.1 Å². The van der Waals surface area contributed by atoms with Crippen LogP contribution in [0.4, 0.5) is 11.4 Å². The van der Waals surface area contributed by atoms with Crippen LogP contribution in [-0.4, -0.2) is 28.0 Å². The van der Waals surface area contributed by atoms with Crippen LogP contribution in [0.5, 0.6) is 5.75 Å². The van der Waals surface area contributed by atoms with Crippen LogP contribution in [0.2, 0.25) is 0 Å². The Balaban J connectivity index is 1.69. The molecule has 0 unspecified atom stereocenters. The van der Waals surface area contributed by atoms with Crippen LogP contribution < -0.4 is 14.4 Å². The number of hydrogen-bond acceptors (Lipinski definition) is 4. The van der Waals surface area contributed by atoms with E-state index >= 15 is 0 Å². The number of nitrogens with zero attached hydrogens (tertiary/aromatic N) is 1. The Hall–Kier alpha value is -2.84. The van der Waals surface area contributed by atoms with E-state index in [1.54, 1.807) is 67.8 Å². The van der Waals surface area contributed by atoms with Crippen molar-refractivity contribution in [1.82, 2.24) is 0 Å². The number of nitrogens with one attached hydrogen (secondary N) is 1. The molecule has 0 fully saturated rings. The largest absolute Gasteiger partial charge is 0.497 e. The fraction of sp³-hybridized carbons (Fsp3) is 0.0952. The minimum atomic E-state index is -3.87. The highest BCUT2D eigenvalue weighted by Crippen LogP contribution is 2.43. The number of rotatable bonds is 4. The molecular formula is C21H17BrN2O4S. The number of hydrogen-bond donors (Lipinski definition) is 1. The number of anilines is 2. The molecule has 3 aromatic carbocycles. The van der Waals surface area contributed by atoms with Crippen molar-refractivity contribution in [2.45, 2.75) is 4.90 Å². The number of methoxy groups -OCH3 is 1. The molecule has 0 saturated carbocycles. The lowest BCUT2D eigenvalue weighted by molar-refractivity contribution is -0.114. The Labute approximate surface area is 177 Å². The van der Waals surface area contributed by atoms with Crippen molar-refractivity contribution in [2.24, 2.45) is 0 Å². The molecule has 0 radical (unpaired) electrons. The Morgan fingerprint density at radius 3 is 2.48 bits per heavy atom. The smallest absolute Gasteiger partial charge is 0.265 e. The van der Waals surface area contributed by atoms with Crippen molar-refractivity contribution in [3.05, 3.63) is 71.2 Å². The molecule has 0 bridgehead atoms. The van der Waals surface area contributed by atoms with Gasteiger partial charge in [-0.05, 0) is 48.5 Å². The van der Waals surface area contributed by atoms with Gasteiger partial charge in [-0.2, -0.15) is 0 Å². The molecule has 0 spiro atoms. The summed E-state index contributed by atoms with van der Waals surface area (Å²) < 4.78 is 33.6. The van der Waals surface area contributed by atoms with Gasteiger partial charge in [0, 0.05) is 21.3 Å². The third kappa shape index (κ3) is 3.61. The molecule has 29 heavy (non-hydrogen) atoms. The van der Waals surface area contributed by atoms with Crippen LogP contribution in [0.15, 0.2) is 76.1 Å². The highest BCUT2D eigenvalue weighted by atomic mass is 79.9. The first-order valence-corrected chi connectivity index (χ1v) is 11.0. The first-order valence-electron chi connectivity index (χ1n) is 8.76. The van der Waals surface area contributed by atoms with E-state index in [4.69, 9.17) is 4.74 Å². The van der Waals surface area contributed by atoms with Gasteiger partial charge in [-0.3, -0.25) is 9.10 Å². The normalized spacial score (nSPS) is 13.9. The average molecular weight is 473 g/mol. The van der Waals surface area contributed by atoms with E-state index in [0.29, 0.717) is 22.7 Å². The van der Waals surface area contributed by atoms with Gasteiger partial charge in [0.15, 0.2) is 0 Å². The molecule has 0 aliphatic carbocycles. The van der Waals surface area contributed by atoms with E-state index in [9.17, 15) is 13.2 Å². The summed E-state index contributed by atoms with van der Waals surface area (Å²) in [7, 11) is -2.31. The number of fused-ring (bicyclic) bond motifs is 3. The third-order valence-corrected chi connectivity index (χ3v) is 6.94. The zero-order valence-corrected chi connectivity index (χ0v) is 17.8. The molecule has 8 heteroatoms. The second-order valence-corrected chi connectivity index (χ2v) is 9.19. The quantitative estimate of drug-likeness (QED) is 0.614. The van der Waals surface area contributed by atoms with E-state index in [1.165, 1.54) is 0 Å². The standard InChI is InChI=1S/C21H17BrN2O4S/c1-28-16-9-7-15(8-10-16)23-21(25)13-24-19-11-6-14(22)12-18(19)17-4-2-3-5-20(17)29(24,26)27/h2-12H,13H2,1H3,(H,23,25). The lowest BCUT2D eigenvalue weighted by atomic mass is 10.0. The van der Waals surface area contributed by atoms with Gasteiger partial charge in [0.1, 0.15) is 12.3 Å². The maximum atomic E-state index is 13.2. The third-order valence-electron chi connectivity index (χ3n) is 4.63. The topological polar surface area (TPSA) is 75.7 Å². The molecule has 1 aliphatic rings. The highest BCUT2D eigenvalue weighted by Gasteiger charge is 2.35. The van der Waals surface area contributed by atoms with Crippen LogP contribution in [0, 0.1) is 0 Å². The summed E-state index contributed by atoms with van der Waals surface area (Å²) in [6, 6.07) is 19.0. The molecule has 0 aromatic heterocycles. The Morgan fingerprint density at radius 1 is 1.03 bits per heavy atom. The molecule has 1 aliphatic heterocycles. The van der Waals surface area contributed by atoms with E-state index in [2.05, 4.69) is 21.2 Å². The van der Waals surface area contributed by atoms with Crippen molar-refractivity contribution in [2.75, 3.05) is 23.3 Å². The van der Waals surface area contributed by atoms with Crippen LogP contribution >= 0.6 is 15.9 Å². The molecule has 1 heterocycles. The Kier molecular flexibility index (Phi) is 5.06. The number of benzene rings is 3. The number of halogens is 1. The van der Waals surface area contributed by atoms with Crippen LogP contribution in [0.3, 0.4) is 0 Å². The minimum Gasteiger partial charge on any atom is -0.497 e. The van der Waals surface area contributed by atoms with Crippen molar-refractivity contribution >= 4 is 43.2 Å². The SMILES string of the molecule is COc1ccc(NC(=O)CN2c3ccc(Br)cc3-c3ccccc3S2(=O)=O)cc1. The summed E-state index contributed by atoms with van der Waals surface area (Å²) in [6.07, 6.45) is 0. The van der Waals surface area contributed by atoms with Gasteiger partial charge >= 0.3 is 0 Å². The van der Waals surface area contributed by atoms with E-state index in [-0.39, 0.29) is 11.4 Å². The van der Waals surface area contributed by atoms with Crippen LogP contribution in [-0.2, 0) is 14.8 Å². The van der Waals surface area contributed by atoms with Gasteiger partial charge in [0.05, 0.1) is 17.7 Å². The van der Waals surface area contributed by atoms with E-state index in [0.717, 1.165) is 14.3 Å². The zero-order chi connectivity index (χ0) is 20.6. The number of sulfonamides is 1. The Morgan fingerprint density at radius 2 is 1.76 bits per heavy atom. The fourth-order valence-corrected chi connectivity index (χ4v) is 5.29. The first kappa shape index (κ1) is 19.5. The predicted octanol–water partition coefficient (Wildman–Crippen LogP) is 4.27. The molecular weight excluding hydrogens is 456 g/mol. The maximum Gasteiger partial charge on any atom is 0.265 e. The average Bonchev–Trinajstić information content (AvgIpc) is 2.72. The lowest BCUT2D eigenvalue weighted by Crippen LogP contribution is -2.40. The van der Waals surface area contributed by atoms with Crippen molar-refractivity contribution in [1.29, 1.82) is 0 Å². The summed E-state index contributed by atoms with van der Waals surface area (Å²) in [5.74, 6) is 0.227. The first-order chi connectivity index (χ1) is 13.9. The van der Waals surface area contributed by atoms with Crippen LogP contribution in [0.25, 0.3) is 11.1 Å².